The van der Waals surface area contributed by atoms with Crippen molar-refractivity contribution in [2.24, 2.45) is 5.92 Å². The Morgan fingerprint density at radius 1 is 1.08 bits per heavy atom. The van der Waals surface area contributed by atoms with Gasteiger partial charge in [0.2, 0.25) is 0 Å². The van der Waals surface area contributed by atoms with Crippen LogP contribution in [0.25, 0.3) is 0 Å². The summed E-state index contributed by atoms with van der Waals surface area (Å²) in [6, 6.07) is 0. The summed E-state index contributed by atoms with van der Waals surface area (Å²) in [5, 5.41) is 36.2. The van der Waals surface area contributed by atoms with E-state index in [0.29, 0.717) is 6.42 Å². The Morgan fingerprint density at radius 3 is 2.00 bits per heavy atom. The quantitative estimate of drug-likeness (QED) is 0.441. The van der Waals surface area contributed by atoms with Gasteiger partial charge in [0.25, 0.3) is 0 Å². The van der Waals surface area contributed by atoms with Crippen LogP contribution in [-0.2, 0) is 0 Å². The van der Waals surface area contributed by atoms with Gasteiger partial charge in [0, 0.05) is 6.42 Å². The molecule has 0 aliphatic heterocycles. The Balaban J connectivity index is 3.85. The maximum Gasteiger partial charge on any atom is 0.151 e. The first-order valence-electron chi connectivity index (χ1n) is 4.71. The van der Waals surface area contributed by atoms with E-state index in [1.807, 2.05) is 6.92 Å². The second-order valence-electron chi connectivity index (χ2n) is 3.54. The molecule has 0 spiro atoms. The predicted octanol–water partition coefficient (Wildman–Crippen LogP) is -0.155. The van der Waals surface area contributed by atoms with Crippen LogP contribution >= 0.6 is 0 Å². The Hall–Kier alpha value is -0.160. The lowest BCUT2D eigenvalue weighted by molar-refractivity contribution is -0.0839. The molecule has 80 valence electrons. The zero-order chi connectivity index (χ0) is 10.4. The van der Waals surface area contributed by atoms with Crippen molar-refractivity contribution < 1.29 is 20.4 Å². The predicted molar refractivity (Wildman–Crippen MR) is 48.9 cm³/mol. The molecule has 0 saturated heterocycles. The number of aliphatic hydroxyl groups is 4. The van der Waals surface area contributed by atoms with E-state index in [9.17, 15) is 10.2 Å². The van der Waals surface area contributed by atoms with E-state index in [4.69, 9.17) is 10.2 Å². The average Bonchev–Trinajstić information content (AvgIpc) is 2.02. The van der Waals surface area contributed by atoms with Gasteiger partial charge in [-0.05, 0) is 12.3 Å². The van der Waals surface area contributed by atoms with Gasteiger partial charge in [-0.3, -0.25) is 0 Å². The molecule has 0 bridgehead atoms. The Labute approximate surface area is 78.8 Å². The second-order valence-corrected chi connectivity index (χ2v) is 3.54. The molecule has 4 heteroatoms. The highest BCUT2D eigenvalue weighted by atomic mass is 16.5. The van der Waals surface area contributed by atoms with Crippen LogP contribution in [0.1, 0.15) is 33.1 Å². The lowest BCUT2D eigenvalue weighted by Crippen LogP contribution is -2.33. The van der Waals surface area contributed by atoms with Gasteiger partial charge < -0.3 is 20.4 Å². The molecule has 3 atom stereocenters. The fraction of sp³-hybridized carbons (Fsp3) is 1.00. The summed E-state index contributed by atoms with van der Waals surface area (Å²) in [6.45, 7) is 3.60. The Bertz CT molecular complexity index is 127. The SMILES string of the molecule is CCCC(O)C(O)C(C)CC(O)O. The van der Waals surface area contributed by atoms with Crippen LogP contribution in [0, 0.1) is 5.92 Å². The van der Waals surface area contributed by atoms with E-state index in [-0.39, 0.29) is 12.3 Å². The second kappa shape index (κ2) is 6.32. The van der Waals surface area contributed by atoms with Gasteiger partial charge >= 0.3 is 0 Å². The van der Waals surface area contributed by atoms with Crippen molar-refractivity contribution in [3.8, 4) is 0 Å². The van der Waals surface area contributed by atoms with E-state index in [2.05, 4.69) is 0 Å². The maximum atomic E-state index is 9.49. The maximum absolute atomic E-state index is 9.49. The third-order valence-electron chi connectivity index (χ3n) is 2.14. The summed E-state index contributed by atoms with van der Waals surface area (Å²) in [5.41, 5.74) is 0. The van der Waals surface area contributed by atoms with Crippen molar-refractivity contribution in [1.82, 2.24) is 0 Å². The fourth-order valence-electron chi connectivity index (χ4n) is 1.32. The lowest BCUT2D eigenvalue weighted by atomic mass is 9.94. The summed E-state index contributed by atoms with van der Waals surface area (Å²) in [7, 11) is 0. The van der Waals surface area contributed by atoms with Crippen molar-refractivity contribution in [1.29, 1.82) is 0 Å². The molecule has 0 saturated carbocycles. The minimum atomic E-state index is -1.42. The summed E-state index contributed by atoms with van der Waals surface area (Å²) < 4.78 is 0. The molecule has 4 N–H and O–H groups in total. The van der Waals surface area contributed by atoms with Gasteiger partial charge in [0.1, 0.15) is 0 Å². The molecule has 13 heavy (non-hydrogen) atoms. The minimum Gasteiger partial charge on any atom is -0.390 e. The normalized spacial score (nSPS) is 18.7. The largest absolute Gasteiger partial charge is 0.390 e. The minimum absolute atomic E-state index is 0.0853. The first-order chi connectivity index (χ1) is 5.99. The highest BCUT2D eigenvalue weighted by molar-refractivity contribution is 4.73. The highest BCUT2D eigenvalue weighted by Crippen LogP contribution is 2.15. The molecule has 0 heterocycles. The van der Waals surface area contributed by atoms with E-state index in [0.717, 1.165) is 6.42 Å². The van der Waals surface area contributed by atoms with E-state index in [1.54, 1.807) is 6.92 Å². The van der Waals surface area contributed by atoms with Crippen LogP contribution in [0.15, 0.2) is 0 Å². The van der Waals surface area contributed by atoms with Crippen LogP contribution in [0.3, 0.4) is 0 Å². The highest BCUT2D eigenvalue weighted by Gasteiger charge is 2.23. The van der Waals surface area contributed by atoms with Gasteiger partial charge in [-0.2, -0.15) is 0 Å². The van der Waals surface area contributed by atoms with Crippen molar-refractivity contribution in [2.75, 3.05) is 0 Å². The van der Waals surface area contributed by atoms with E-state index in [1.165, 1.54) is 0 Å². The summed E-state index contributed by atoms with van der Waals surface area (Å²) in [5.74, 6) is -0.304. The van der Waals surface area contributed by atoms with E-state index < -0.39 is 18.5 Å². The molecule has 0 aromatic heterocycles. The molecule has 0 aromatic rings. The molecule has 0 amide bonds. The zero-order valence-electron chi connectivity index (χ0n) is 8.22. The van der Waals surface area contributed by atoms with Gasteiger partial charge in [-0.15, -0.1) is 0 Å². The van der Waals surface area contributed by atoms with Crippen LogP contribution in [-0.4, -0.2) is 38.9 Å². The van der Waals surface area contributed by atoms with E-state index >= 15 is 0 Å². The van der Waals surface area contributed by atoms with Crippen LogP contribution in [0.4, 0.5) is 0 Å². The van der Waals surface area contributed by atoms with Crippen molar-refractivity contribution in [2.45, 2.75) is 51.6 Å². The van der Waals surface area contributed by atoms with Gasteiger partial charge in [-0.1, -0.05) is 20.3 Å². The molecule has 3 unspecified atom stereocenters. The lowest BCUT2D eigenvalue weighted by Gasteiger charge is -2.24. The molecule has 0 rings (SSSR count). The summed E-state index contributed by atoms with van der Waals surface area (Å²) >= 11 is 0. The molecule has 0 aromatic carbocycles. The van der Waals surface area contributed by atoms with Crippen LogP contribution in [0.5, 0.6) is 0 Å². The third-order valence-corrected chi connectivity index (χ3v) is 2.14. The number of aliphatic hydroxyl groups excluding tert-OH is 3. The molecule has 0 fully saturated rings. The molecule has 0 aliphatic rings. The van der Waals surface area contributed by atoms with Crippen LogP contribution in [0.2, 0.25) is 0 Å². The van der Waals surface area contributed by atoms with Crippen molar-refractivity contribution in [3.63, 3.8) is 0 Å². The summed E-state index contributed by atoms with van der Waals surface area (Å²) in [6.07, 6.45) is -1.64. The van der Waals surface area contributed by atoms with Crippen molar-refractivity contribution in [3.05, 3.63) is 0 Å². The monoisotopic (exact) mass is 192 g/mol. The number of hydrogen-bond acceptors (Lipinski definition) is 4. The smallest absolute Gasteiger partial charge is 0.151 e. The van der Waals surface area contributed by atoms with Gasteiger partial charge in [0.15, 0.2) is 6.29 Å². The first-order valence-corrected chi connectivity index (χ1v) is 4.71. The number of hydrogen-bond donors (Lipinski definition) is 4. The Morgan fingerprint density at radius 2 is 1.62 bits per heavy atom. The third kappa shape index (κ3) is 5.21. The van der Waals surface area contributed by atoms with Crippen molar-refractivity contribution >= 4 is 0 Å². The molecule has 0 radical (unpaired) electrons. The topological polar surface area (TPSA) is 80.9 Å². The molecule has 4 nitrogen and oxygen atoms in total. The zero-order valence-corrected chi connectivity index (χ0v) is 8.22. The summed E-state index contributed by atoms with van der Waals surface area (Å²) in [4.78, 5) is 0. The van der Waals surface area contributed by atoms with Gasteiger partial charge in [-0.25, -0.2) is 0 Å². The first kappa shape index (κ1) is 12.8. The molecular weight excluding hydrogens is 172 g/mol. The average molecular weight is 192 g/mol. The number of rotatable bonds is 6. The standard InChI is InChI=1S/C9H20O4/c1-3-4-7(10)9(13)6(2)5-8(11)12/h6-13H,3-5H2,1-2H3. The molecular formula is C9H20O4. The fourth-order valence-corrected chi connectivity index (χ4v) is 1.32. The Kier molecular flexibility index (Phi) is 6.24. The van der Waals surface area contributed by atoms with Gasteiger partial charge in [0.05, 0.1) is 12.2 Å². The van der Waals surface area contributed by atoms with Crippen LogP contribution < -0.4 is 0 Å². The molecule has 0 aliphatic carbocycles.